The Labute approximate surface area is 106 Å². The maximum Gasteiger partial charge on any atom is 0.307 e. The third kappa shape index (κ3) is 2.41. The first kappa shape index (κ1) is 13.1. The van der Waals surface area contributed by atoms with Gasteiger partial charge in [0.05, 0.1) is 17.4 Å². The van der Waals surface area contributed by atoms with Gasteiger partial charge < -0.3 is 5.11 Å². The van der Waals surface area contributed by atoms with Crippen LogP contribution < -0.4 is 5.48 Å². The number of hydroxylamine groups is 1. The monoisotopic (exact) mass is 253 g/mol. The average Bonchev–Trinajstić information content (AvgIpc) is 2.83. The molecule has 0 aliphatic heterocycles. The van der Waals surface area contributed by atoms with E-state index in [4.69, 9.17) is 4.84 Å². The number of nitrogens with one attached hydrogen (secondary N) is 1. The lowest BCUT2D eigenvalue weighted by molar-refractivity contribution is -0.157. The standard InChI is InChI=1S/C13H19NO4/c1-13(2,3)18-14-11(15)9-7-4-5-8(6-7)10(9)12(16)17/h4-5,7-10H,6H2,1-3H3,(H,14,15)(H,16,17). The van der Waals surface area contributed by atoms with Crippen LogP contribution in [0.4, 0.5) is 0 Å². The fraction of sp³-hybridized carbons (Fsp3) is 0.692. The minimum atomic E-state index is -0.900. The molecule has 0 saturated heterocycles. The Bertz CT molecular complexity index is 396. The zero-order valence-electron chi connectivity index (χ0n) is 10.8. The maximum absolute atomic E-state index is 12.1. The van der Waals surface area contributed by atoms with Crippen molar-refractivity contribution in [1.29, 1.82) is 0 Å². The second-order valence-corrected chi connectivity index (χ2v) is 6.02. The molecule has 2 rings (SSSR count). The van der Waals surface area contributed by atoms with Crippen LogP contribution in [0.2, 0.25) is 0 Å². The SMILES string of the molecule is CC(C)(C)ONC(=O)C1C2C=CC(C2)C1C(=O)O. The molecule has 2 N–H and O–H groups in total. The molecule has 2 aliphatic carbocycles. The van der Waals surface area contributed by atoms with Gasteiger partial charge >= 0.3 is 5.97 Å². The van der Waals surface area contributed by atoms with Crippen LogP contribution in [0.15, 0.2) is 12.2 Å². The van der Waals surface area contributed by atoms with E-state index in [1.165, 1.54) is 0 Å². The van der Waals surface area contributed by atoms with Crippen LogP contribution in [0.1, 0.15) is 27.2 Å². The number of aliphatic carboxylic acids is 1. The molecule has 0 aromatic rings. The molecule has 0 aromatic heterocycles. The van der Waals surface area contributed by atoms with E-state index >= 15 is 0 Å². The number of carboxylic acids is 1. The number of carbonyl (C=O) groups is 2. The summed E-state index contributed by atoms with van der Waals surface area (Å²) in [7, 11) is 0. The predicted molar refractivity (Wildman–Crippen MR) is 64.3 cm³/mol. The molecule has 0 spiro atoms. The second kappa shape index (κ2) is 4.39. The fourth-order valence-corrected chi connectivity index (χ4v) is 2.79. The molecule has 5 nitrogen and oxygen atoms in total. The summed E-state index contributed by atoms with van der Waals surface area (Å²) in [6.45, 7) is 5.47. The smallest absolute Gasteiger partial charge is 0.307 e. The van der Waals surface area contributed by atoms with E-state index in [1.807, 2.05) is 32.9 Å². The summed E-state index contributed by atoms with van der Waals surface area (Å²) in [6, 6.07) is 0. The van der Waals surface area contributed by atoms with Gasteiger partial charge in [-0.25, -0.2) is 5.48 Å². The molecule has 2 bridgehead atoms. The van der Waals surface area contributed by atoms with E-state index in [0.29, 0.717) is 0 Å². The van der Waals surface area contributed by atoms with Crippen LogP contribution in [0.3, 0.4) is 0 Å². The minimum Gasteiger partial charge on any atom is -0.481 e. The summed E-state index contributed by atoms with van der Waals surface area (Å²) in [6.07, 6.45) is 4.62. The van der Waals surface area contributed by atoms with Crippen LogP contribution in [0.5, 0.6) is 0 Å². The zero-order valence-corrected chi connectivity index (χ0v) is 10.8. The van der Waals surface area contributed by atoms with Crippen molar-refractivity contribution in [2.75, 3.05) is 0 Å². The molecule has 18 heavy (non-hydrogen) atoms. The molecular formula is C13H19NO4. The van der Waals surface area contributed by atoms with Crippen molar-refractivity contribution in [2.24, 2.45) is 23.7 Å². The molecular weight excluding hydrogens is 234 g/mol. The lowest BCUT2D eigenvalue weighted by Gasteiger charge is -2.26. The highest BCUT2D eigenvalue weighted by molar-refractivity contribution is 5.86. The van der Waals surface area contributed by atoms with Crippen molar-refractivity contribution in [3.8, 4) is 0 Å². The summed E-state index contributed by atoms with van der Waals surface area (Å²) < 4.78 is 0. The highest BCUT2D eigenvalue weighted by Gasteiger charge is 2.51. The first-order chi connectivity index (χ1) is 8.29. The summed E-state index contributed by atoms with van der Waals surface area (Å²) in [5, 5.41) is 9.23. The van der Waals surface area contributed by atoms with E-state index in [1.54, 1.807) is 0 Å². The van der Waals surface area contributed by atoms with Gasteiger partial charge in [0.25, 0.3) is 0 Å². The first-order valence-electron chi connectivity index (χ1n) is 6.18. The molecule has 0 radical (unpaired) electrons. The van der Waals surface area contributed by atoms with Crippen molar-refractivity contribution in [1.82, 2.24) is 5.48 Å². The maximum atomic E-state index is 12.1. The predicted octanol–water partition coefficient (Wildman–Crippen LogP) is 1.36. The third-order valence-electron chi connectivity index (χ3n) is 3.50. The number of amides is 1. The number of hydrogen-bond acceptors (Lipinski definition) is 3. The molecule has 4 atom stereocenters. The van der Waals surface area contributed by atoms with Gasteiger partial charge in [-0.2, -0.15) is 0 Å². The van der Waals surface area contributed by atoms with Crippen LogP contribution in [0.25, 0.3) is 0 Å². The molecule has 100 valence electrons. The Morgan fingerprint density at radius 3 is 2.28 bits per heavy atom. The summed E-state index contributed by atoms with van der Waals surface area (Å²) >= 11 is 0. The molecule has 1 saturated carbocycles. The normalized spacial score (nSPS) is 33.7. The summed E-state index contributed by atoms with van der Waals surface area (Å²) in [5.41, 5.74) is 1.91. The second-order valence-electron chi connectivity index (χ2n) is 6.02. The number of carboxylic acid groups (broad SMARTS) is 1. The number of fused-ring (bicyclic) bond motifs is 2. The zero-order chi connectivity index (χ0) is 13.5. The van der Waals surface area contributed by atoms with E-state index < -0.39 is 23.4 Å². The van der Waals surface area contributed by atoms with E-state index in [9.17, 15) is 14.7 Å². The van der Waals surface area contributed by atoms with Crippen LogP contribution in [-0.4, -0.2) is 22.6 Å². The fourth-order valence-electron chi connectivity index (χ4n) is 2.79. The molecule has 5 heteroatoms. The Hall–Kier alpha value is -1.36. The Morgan fingerprint density at radius 2 is 1.78 bits per heavy atom. The third-order valence-corrected chi connectivity index (χ3v) is 3.50. The lowest BCUT2D eigenvalue weighted by Crippen LogP contribution is -2.42. The number of rotatable bonds is 3. The molecule has 1 amide bonds. The first-order valence-corrected chi connectivity index (χ1v) is 6.18. The minimum absolute atomic E-state index is 0.0158. The van der Waals surface area contributed by atoms with Gasteiger partial charge in [0.1, 0.15) is 0 Å². The van der Waals surface area contributed by atoms with E-state index in [2.05, 4.69) is 5.48 Å². The largest absolute Gasteiger partial charge is 0.481 e. The van der Waals surface area contributed by atoms with Crippen molar-refractivity contribution < 1.29 is 19.5 Å². The number of carbonyl (C=O) groups excluding carboxylic acids is 1. The highest BCUT2D eigenvalue weighted by Crippen LogP contribution is 2.48. The van der Waals surface area contributed by atoms with Gasteiger partial charge in [-0.15, -0.1) is 0 Å². The topological polar surface area (TPSA) is 75.6 Å². The van der Waals surface area contributed by atoms with E-state index in [-0.39, 0.29) is 17.7 Å². The van der Waals surface area contributed by atoms with Gasteiger partial charge in [-0.1, -0.05) is 12.2 Å². The Kier molecular flexibility index (Phi) is 3.19. The quantitative estimate of drug-likeness (QED) is 0.588. The summed E-state index contributed by atoms with van der Waals surface area (Å²) in [5.74, 6) is -2.35. The number of allylic oxidation sites excluding steroid dienone is 2. The van der Waals surface area contributed by atoms with Gasteiger partial charge in [-0.05, 0) is 39.0 Å². The van der Waals surface area contributed by atoms with Gasteiger partial charge in [-0.3, -0.25) is 14.4 Å². The van der Waals surface area contributed by atoms with Crippen molar-refractivity contribution in [2.45, 2.75) is 32.8 Å². The number of hydrogen-bond donors (Lipinski definition) is 2. The van der Waals surface area contributed by atoms with Crippen LogP contribution in [0, 0.1) is 23.7 Å². The lowest BCUT2D eigenvalue weighted by atomic mass is 9.82. The van der Waals surface area contributed by atoms with E-state index in [0.717, 1.165) is 6.42 Å². The molecule has 1 fully saturated rings. The van der Waals surface area contributed by atoms with Crippen LogP contribution >= 0.6 is 0 Å². The average molecular weight is 253 g/mol. The molecule has 2 aliphatic rings. The van der Waals surface area contributed by atoms with Crippen molar-refractivity contribution >= 4 is 11.9 Å². The van der Waals surface area contributed by atoms with Gasteiger partial charge in [0.2, 0.25) is 5.91 Å². The molecule has 0 aromatic carbocycles. The van der Waals surface area contributed by atoms with Gasteiger partial charge in [0.15, 0.2) is 0 Å². The molecule has 0 heterocycles. The van der Waals surface area contributed by atoms with Crippen molar-refractivity contribution in [3.63, 3.8) is 0 Å². The van der Waals surface area contributed by atoms with Gasteiger partial charge in [0, 0.05) is 0 Å². The van der Waals surface area contributed by atoms with Crippen molar-refractivity contribution in [3.05, 3.63) is 12.2 Å². The summed E-state index contributed by atoms with van der Waals surface area (Å²) in [4.78, 5) is 28.5. The molecule has 4 unspecified atom stereocenters. The Morgan fingerprint density at radius 1 is 1.22 bits per heavy atom. The van der Waals surface area contributed by atoms with Crippen LogP contribution in [-0.2, 0) is 14.4 Å². The Balaban J connectivity index is 2.05. The highest BCUT2D eigenvalue weighted by atomic mass is 16.7.